The molecule has 0 aliphatic carbocycles. The summed E-state index contributed by atoms with van der Waals surface area (Å²) < 4.78 is 0. The summed E-state index contributed by atoms with van der Waals surface area (Å²) in [5.41, 5.74) is 10.4. The third-order valence-corrected chi connectivity index (χ3v) is 1.20. The van der Waals surface area contributed by atoms with Gasteiger partial charge in [0, 0.05) is 6.04 Å². The number of hydrogen-bond donors (Lipinski definition) is 2. The van der Waals surface area contributed by atoms with Crippen molar-refractivity contribution < 1.29 is 0 Å². The van der Waals surface area contributed by atoms with E-state index in [4.69, 9.17) is 11.5 Å². The Kier molecular flexibility index (Phi) is 14.7. The lowest BCUT2D eigenvalue weighted by atomic mass is 10.3. The lowest BCUT2D eigenvalue weighted by molar-refractivity contribution is 0.715. The smallest absolute Gasteiger partial charge is 0.000781 e. The first-order valence-electron chi connectivity index (χ1n) is 4.14. The Labute approximate surface area is 65.0 Å². The van der Waals surface area contributed by atoms with Gasteiger partial charge < -0.3 is 11.5 Å². The maximum absolute atomic E-state index is 5.29. The van der Waals surface area contributed by atoms with Crippen molar-refractivity contribution in [1.29, 1.82) is 0 Å². The molecule has 10 heavy (non-hydrogen) atoms. The van der Waals surface area contributed by atoms with E-state index in [1.165, 1.54) is 12.8 Å². The highest BCUT2D eigenvalue weighted by Crippen LogP contribution is 1.77. The molecule has 0 rings (SSSR count). The Morgan fingerprint density at radius 3 is 1.70 bits per heavy atom. The van der Waals surface area contributed by atoms with Crippen LogP contribution in [0.5, 0.6) is 0 Å². The van der Waals surface area contributed by atoms with Crippen LogP contribution < -0.4 is 11.5 Å². The molecule has 0 saturated carbocycles. The lowest BCUT2D eigenvalue weighted by Gasteiger charge is -1.91. The van der Waals surface area contributed by atoms with Crippen LogP contribution in [-0.2, 0) is 0 Å². The summed E-state index contributed by atoms with van der Waals surface area (Å²) in [6, 6.07) is 0.384. The van der Waals surface area contributed by atoms with E-state index < -0.39 is 0 Å². The molecule has 0 aromatic carbocycles. The molecule has 1 atom stereocenters. The van der Waals surface area contributed by atoms with Crippen molar-refractivity contribution in [2.24, 2.45) is 11.5 Å². The zero-order valence-corrected chi connectivity index (χ0v) is 7.56. The van der Waals surface area contributed by atoms with Crippen LogP contribution in [-0.4, -0.2) is 12.6 Å². The van der Waals surface area contributed by atoms with E-state index in [-0.39, 0.29) is 0 Å². The molecular weight excluding hydrogens is 124 g/mol. The fourth-order valence-corrected chi connectivity index (χ4v) is 0.204. The summed E-state index contributed by atoms with van der Waals surface area (Å²) in [6.07, 6.45) is 3.47. The van der Waals surface area contributed by atoms with Gasteiger partial charge in [0.2, 0.25) is 0 Å². The molecule has 2 heteroatoms. The van der Waals surface area contributed by atoms with Gasteiger partial charge in [0.1, 0.15) is 0 Å². The molecule has 0 fully saturated rings. The van der Waals surface area contributed by atoms with Gasteiger partial charge in [0.15, 0.2) is 0 Å². The average molecular weight is 146 g/mol. The fraction of sp³-hybridized carbons (Fsp3) is 1.00. The highest BCUT2D eigenvalue weighted by Gasteiger charge is 1.79. The Hall–Kier alpha value is -0.0800. The predicted octanol–water partition coefficient (Wildman–Crippen LogP) is 1.49. The van der Waals surface area contributed by atoms with Crippen LogP contribution in [0.25, 0.3) is 0 Å². The molecular formula is C8H22N2. The minimum Gasteiger partial charge on any atom is -0.330 e. The normalized spacial score (nSPS) is 11.7. The van der Waals surface area contributed by atoms with Crippen molar-refractivity contribution in [3.05, 3.63) is 0 Å². The second kappa shape index (κ2) is 11.7. The van der Waals surface area contributed by atoms with Gasteiger partial charge in [0.05, 0.1) is 0 Å². The summed E-state index contributed by atoms with van der Waals surface area (Å²) in [5.74, 6) is 0. The van der Waals surface area contributed by atoms with Crippen molar-refractivity contribution in [2.75, 3.05) is 6.54 Å². The van der Waals surface area contributed by atoms with Gasteiger partial charge in [-0.3, -0.25) is 0 Å². The molecule has 0 spiro atoms. The maximum Gasteiger partial charge on any atom is 0.000781 e. The molecule has 0 amide bonds. The number of nitrogens with two attached hydrogens (primary N) is 2. The monoisotopic (exact) mass is 146 g/mol. The van der Waals surface area contributed by atoms with Gasteiger partial charge in [-0.25, -0.2) is 0 Å². The topological polar surface area (TPSA) is 52.0 Å². The maximum atomic E-state index is 5.29. The van der Waals surface area contributed by atoms with Crippen LogP contribution in [0, 0.1) is 0 Å². The molecule has 2 nitrogen and oxygen atoms in total. The van der Waals surface area contributed by atoms with Crippen LogP contribution in [0.2, 0.25) is 0 Å². The first kappa shape index (κ1) is 12.6. The molecule has 0 bridgehead atoms. The summed E-state index contributed by atoms with van der Waals surface area (Å²) in [4.78, 5) is 0. The van der Waals surface area contributed by atoms with E-state index in [1.54, 1.807) is 0 Å². The highest BCUT2D eigenvalue weighted by atomic mass is 14.6. The molecule has 0 heterocycles. The molecule has 0 aromatic heterocycles. The second-order valence-corrected chi connectivity index (χ2v) is 2.53. The summed E-state index contributed by atoms with van der Waals surface area (Å²) >= 11 is 0. The Balaban J connectivity index is 0. The van der Waals surface area contributed by atoms with Crippen LogP contribution in [0.3, 0.4) is 0 Å². The fourth-order valence-electron chi connectivity index (χ4n) is 0.204. The minimum absolute atomic E-state index is 0.384. The number of unbranched alkanes of at least 4 members (excludes halogenated alkanes) is 1. The second-order valence-electron chi connectivity index (χ2n) is 2.53. The van der Waals surface area contributed by atoms with Crippen LogP contribution >= 0.6 is 0 Å². The van der Waals surface area contributed by atoms with Gasteiger partial charge in [0.25, 0.3) is 0 Å². The lowest BCUT2D eigenvalue weighted by Crippen LogP contribution is -2.11. The third-order valence-electron chi connectivity index (χ3n) is 1.20. The predicted molar refractivity (Wildman–Crippen MR) is 47.9 cm³/mol. The Bertz CT molecular complexity index is 42.5. The van der Waals surface area contributed by atoms with Crippen molar-refractivity contribution in [1.82, 2.24) is 0 Å². The number of hydrogen-bond acceptors (Lipinski definition) is 2. The molecule has 1 unspecified atom stereocenters. The minimum atomic E-state index is 0.384. The van der Waals surface area contributed by atoms with E-state index in [1.807, 2.05) is 6.92 Å². The van der Waals surface area contributed by atoms with Crippen LogP contribution in [0.15, 0.2) is 0 Å². The van der Waals surface area contributed by atoms with E-state index in [0.29, 0.717) is 6.04 Å². The molecule has 0 aromatic rings. The largest absolute Gasteiger partial charge is 0.330 e. The average Bonchev–Trinajstić information content (AvgIpc) is 1.91. The zero-order chi connectivity index (χ0) is 8.41. The van der Waals surface area contributed by atoms with E-state index in [9.17, 15) is 0 Å². The van der Waals surface area contributed by atoms with Gasteiger partial charge in [-0.1, -0.05) is 20.3 Å². The van der Waals surface area contributed by atoms with Crippen LogP contribution in [0.4, 0.5) is 0 Å². The first-order valence-corrected chi connectivity index (χ1v) is 4.14. The molecule has 0 aliphatic heterocycles. The highest BCUT2D eigenvalue weighted by molar-refractivity contribution is 4.43. The van der Waals surface area contributed by atoms with E-state index in [2.05, 4.69) is 13.8 Å². The van der Waals surface area contributed by atoms with Crippen molar-refractivity contribution in [2.45, 2.75) is 46.1 Å². The quantitative estimate of drug-likeness (QED) is 0.634. The summed E-state index contributed by atoms with van der Waals surface area (Å²) in [5, 5.41) is 0. The molecule has 64 valence electrons. The molecule has 4 N–H and O–H groups in total. The Morgan fingerprint density at radius 1 is 1.30 bits per heavy atom. The summed E-state index contributed by atoms with van der Waals surface area (Å²) in [6.45, 7) is 7.05. The van der Waals surface area contributed by atoms with Crippen molar-refractivity contribution >= 4 is 0 Å². The van der Waals surface area contributed by atoms with Gasteiger partial charge in [-0.15, -0.1) is 0 Å². The van der Waals surface area contributed by atoms with Gasteiger partial charge in [-0.2, -0.15) is 0 Å². The molecule has 0 radical (unpaired) electrons. The van der Waals surface area contributed by atoms with Crippen molar-refractivity contribution in [3.63, 3.8) is 0 Å². The van der Waals surface area contributed by atoms with E-state index >= 15 is 0 Å². The van der Waals surface area contributed by atoms with E-state index in [0.717, 1.165) is 13.0 Å². The van der Waals surface area contributed by atoms with Crippen molar-refractivity contribution in [3.8, 4) is 0 Å². The zero-order valence-electron chi connectivity index (χ0n) is 7.56. The van der Waals surface area contributed by atoms with Gasteiger partial charge in [-0.05, 0) is 26.3 Å². The molecule has 0 aliphatic rings. The van der Waals surface area contributed by atoms with Gasteiger partial charge >= 0.3 is 0 Å². The number of rotatable bonds is 3. The third kappa shape index (κ3) is 24.7. The first-order chi connectivity index (χ1) is 4.68. The SMILES string of the molecule is CCC(C)N.CCCCN. The Morgan fingerprint density at radius 2 is 1.70 bits per heavy atom. The molecule has 0 saturated heterocycles. The summed E-state index contributed by atoms with van der Waals surface area (Å²) in [7, 11) is 0. The van der Waals surface area contributed by atoms with Crippen LogP contribution in [0.1, 0.15) is 40.0 Å². The standard InChI is InChI=1S/2C4H11N/c1-3-4(2)5;1-2-3-4-5/h4H,3,5H2,1-2H3;2-5H2,1H3.